The van der Waals surface area contributed by atoms with Crippen molar-refractivity contribution in [1.82, 2.24) is 9.78 Å². The minimum Gasteiger partial charge on any atom is -0.478 e. The van der Waals surface area contributed by atoms with E-state index < -0.39 is 5.97 Å². The molecule has 0 unspecified atom stereocenters. The Labute approximate surface area is 113 Å². The van der Waals surface area contributed by atoms with Crippen LogP contribution in [0.15, 0.2) is 48.7 Å². The summed E-state index contributed by atoms with van der Waals surface area (Å²) >= 11 is 6.14. The number of fused-ring (bicyclic) bond motifs is 1. The fraction of sp³-hybridized carbons (Fsp3) is 0. The van der Waals surface area contributed by atoms with Crippen molar-refractivity contribution in [1.29, 1.82) is 0 Å². The molecule has 1 N–H and O–H groups in total. The fourth-order valence-electron chi connectivity index (χ4n) is 2.05. The highest BCUT2D eigenvalue weighted by Gasteiger charge is 2.17. The van der Waals surface area contributed by atoms with E-state index in [1.54, 1.807) is 23.0 Å². The molecular formula is C14H9ClN2O2. The third-order valence-electron chi connectivity index (χ3n) is 2.91. The number of benzene rings is 2. The lowest BCUT2D eigenvalue weighted by atomic mass is 10.1. The second-order valence-electron chi connectivity index (χ2n) is 4.06. The maximum atomic E-state index is 11.3. The van der Waals surface area contributed by atoms with Crippen LogP contribution in [0.25, 0.3) is 16.6 Å². The van der Waals surface area contributed by atoms with E-state index in [4.69, 9.17) is 11.6 Å². The van der Waals surface area contributed by atoms with Crippen molar-refractivity contribution in [2.24, 2.45) is 0 Å². The van der Waals surface area contributed by atoms with Gasteiger partial charge in [0, 0.05) is 5.39 Å². The Kier molecular flexibility index (Phi) is 2.72. The maximum absolute atomic E-state index is 11.3. The first-order valence-corrected chi connectivity index (χ1v) is 6.01. The number of carboxylic acids is 1. The summed E-state index contributed by atoms with van der Waals surface area (Å²) < 4.78 is 1.56. The number of hydrogen-bond donors (Lipinski definition) is 1. The summed E-state index contributed by atoms with van der Waals surface area (Å²) in [6.45, 7) is 0. The standard InChI is InChI=1S/C14H9ClN2O2/c15-11-6-3-5-10(14(18)19)13(11)17-12-7-2-1-4-9(12)8-16-17/h1-8H,(H,18,19). The summed E-state index contributed by atoms with van der Waals surface area (Å²) in [5.74, 6) is -1.03. The molecule has 0 spiro atoms. The SMILES string of the molecule is O=C(O)c1cccc(Cl)c1-n1ncc2ccccc21. The molecule has 1 aromatic heterocycles. The van der Waals surface area contributed by atoms with Gasteiger partial charge in [0.15, 0.2) is 0 Å². The molecule has 1 heterocycles. The largest absolute Gasteiger partial charge is 0.478 e. The predicted molar refractivity (Wildman–Crippen MR) is 73.0 cm³/mol. The summed E-state index contributed by atoms with van der Waals surface area (Å²) in [5, 5.41) is 14.8. The molecule has 0 saturated carbocycles. The van der Waals surface area contributed by atoms with Gasteiger partial charge in [-0.25, -0.2) is 9.48 Å². The van der Waals surface area contributed by atoms with Gasteiger partial charge in [-0.05, 0) is 18.2 Å². The highest BCUT2D eigenvalue weighted by molar-refractivity contribution is 6.33. The van der Waals surface area contributed by atoms with Crippen LogP contribution in [0.1, 0.15) is 10.4 Å². The Morgan fingerprint density at radius 1 is 1.16 bits per heavy atom. The van der Waals surface area contributed by atoms with Gasteiger partial charge in [-0.2, -0.15) is 5.10 Å². The van der Waals surface area contributed by atoms with Crippen LogP contribution in [0.4, 0.5) is 0 Å². The highest BCUT2D eigenvalue weighted by atomic mass is 35.5. The summed E-state index contributed by atoms with van der Waals surface area (Å²) in [5.41, 5.74) is 1.33. The van der Waals surface area contributed by atoms with Crippen molar-refractivity contribution < 1.29 is 9.90 Å². The molecule has 0 saturated heterocycles. The van der Waals surface area contributed by atoms with Crippen LogP contribution in [0.3, 0.4) is 0 Å². The molecule has 3 rings (SSSR count). The van der Waals surface area contributed by atoms with E-state index in [1.807, 2.05) is 24.3 Å². The Morgan fingerprint density at radius 2 is 1.95 bits per heavy atom. The fourth-order valence-corrected chi connectivity index (χ4v) is 2.31. The Balaban J connectivity index is 2.36. The minimum atomic E-state index is -1.03. The van der Waals surface area contributed by atoms with Gasteiger partial charge < -0.3 is 5.11 Å². The first-order chi connectivity index (χ1) is 9.18. The Hall–Kier alpha value is -2.33. The number of para-hydroxylation sites is 2. The lowest BCUT2D eigenvalue weighted by Crippen LogP contribution is -2.07. The molecule has 0 bridgehead atoms. The highest BCUT2D eigenvalue weighted by Crippen LogP contribution is 2.27. The van der Waals surface area contributed by atoms with Gasteiger partial charge >= 0.3 is 5.97 Å². The van der Waals surface area contributed by atoms with Gasteiger partial charge in [-0.1, -0.05) is 35.9 Å². The zero-order valence-electron chi connectivity index (χ0n) is 9.75. The molecule has 0 atom stereocenters. The molecule has 0 aliphatic heterocycles. The number of aromatic carboxylic acids is 1. The molecule has 2 aromatic carbocycles. The van der Waals surface area contributed by atoms with Crippen LogP contribution in [0.2, 0.25) is 5.02 Å². The summed E-state index contributed by atoms with van der Waals surface area (Å²) in [7, 11) is 0. The summed E-state index contributed by atoms with van der Waals surface area (Å²) in [6.07, 6.45) is 1.68. The van der Waals surface area contributed by atoms with Crippen LogP contribution in [-0.2, 0) is 0 Å². The molecule has 94 valence electrons. The number of hydrogen-bond acceptors (Lipinski definition) is 2. The predicted octanol–water partition coefficient (Wildman–Crippen LogP) is 3.38. The van der Waals surface area contributed by atoms with E-state index in [0.29, 0.717) is 10.7 Å². The van der Waals surface area contributed by atoms with Crippen LogP contribution in [0, 0.1) is 0 Å². The summed E-state index contributed by atoms with van der Waals surface area (Å²) in [4.78, 5) is 11.3. The van der Waals surface area contributed by atoms with Crippen molar-refractivity contribution in [2.45, 2.75) is 0 Å². The van der Waals surface area contributed by atoms with Gasteiger partial charge in [0.2, 0.25) is 0 Å². The van der Waals surface area contributed by atoms with E-state index >= 15 is 0 Å². The summed E-state index contributed by atoms with van der Waals surface area (Å²) in [6, 6.07) is 12.3. The van der Waals surface area contributed by atoms with Crippen molar-refractivity contribution >= 4 is 28.5 Å². The lowest BCUT2D eigenvalue weighted by Gasteiger charge is -2.09. The third kappa shape index (κ3) is 1.86. The topological polar surface area (TPSA) is 55.1 Å². The Morgan fingerprint density at radius 3 is 2.74 bits per heavy atom. The zero-order valence-corrected chi connectivity index (χ0v) is 10.5. The van der Waals surface area contributed by atoms with E-state index in [0.717, 1.165) is 10.9 Å². The van der Waals surface area contributed by atoms with Gasteiger partial charge in [-0.15, -0.1) is 0 Å². The number of nitrogens with zero attached hydrogens (tertiary/aromatic N) is 2. The molecule has 0 fully saturated rings. The molecule has 5 heteroatoms. The first-order valence-electron chi connectivity index (χ1n) is 5.63. The molecule has 19 heavy (non-hydrogen) atoms. The van der Waals surface area contributed by atoms with E-state index in [-0.39, 0.29) is 5.56 Å². The van der Waals surface area contributed by atoms with E-state index in [9.17, 15) is 9.90 Å². The number of aromatic nitrogens is 2. The molecule has 0 amide bonds. The average Bonchev–Trinajstić information content (AvgIpc) is 2.82. The van der Waals surface area contributed by atoms with Gasteiger partial charge in [0.05, 0.1) is 28.0 Å². The first kappa shape index (κ1) is 11.7. The Bertz CT molecular complexity index is 780. The smallest absolute Gasteiger partial charge is 0.337 e. The molecule has 0 aliphatic carbocycles. The minimum absolute atomic E-state index is 0.126. The number of halogens is 1. The second kappa shape index (κ2) is 4.40. The van der Waals surface area contributed by atoms with Crippen molar-refractivity contribution in [2.75, 3.05) is 0 Å². The molecule has 0 aliphatic rings. The van der Waals surface area contributed by atoms with Gasteiger partial charge in [-0.3, -0.25) is 0 Å². The van der Waals surface area contributed by atoms with Gasteiger partial charge in [0.25, 0.3) is 0 Å². The normalized spacial score (nSPS) is 10.8. The van der Waals surface area contributed by atoms with Crippen molar-refractivity contribution in [3.63, 3.8) is 0 Å². The second-order valence-corrected chi connectivity index (χ2v) is 4.46. The third-order valence-corrected chi connectivity index (χ3v) is 3.21. The van der Waals surface area contributed by atoms with Crippen molar-refractivity contribution in [3.05, 3.63) is 59.2 Å². The maximum Gasteiger partial charge on any atom is 0.337 e. The van der Waals surface area contributed by atoms with Crippen LogP contribution in [0.5, 0.6) is 0 Å². The van der Waals surface area contributed by atoms with Crippen LogP contribution >= 0.6 is 11.6 Å². The monoisotopic (exact) mass is 272 g/mol. The zero-order chi connectivity index (χ0) is 13.4. The number of rotatable bonds is 2. The molecule has 0 radical (unpaired) electrons. The number of carbonyl (C=O) groups is 1. The van der Waals surface area contributed by atoms with E-state index in [2.05, 4.69) is 5.10 Å². The van der Waals surface area contributed by atoms with Crippen molar-refractivity contribution in [3.8, 4) is 5.69 Å². The molecular weight excluding hydrogens is 264 g/mol. The van der Waals surface area contributed by atoms with Crippen LogP contribution < -0.4 is 0 Å². The van der Waals surface area contributed by atoms with Crippen LogP contribution in [-0.4, -0.2) is 20.9 Å². The lowest BCUT2D eigenvalue weighted by molar-refractivity contribution is 0.0697. The quantitative estimate of drug-likeness (QED) is 0.778. The van der Waals surface area contributed by atoms with Gasteiger partial charge in [0.1, 0.15) is 0 Å². The molecule has 4 nitrogen and oxygen atoms in total. The van der Waals surface area contributed by atoms with E-state index in [1.165, 1.54) is 6.07 Å². The molecule has 3 aromatic rings. The number of carboxylic acid groups (broad SMARTS) is 1. The average molecular weight is 273 g/mol.